The topological polar surface area (TPSA) is 69.8 Å². The fourth-order valence-electron chi connectivity index (χ4n) is 3.83. The Kier molecular flexibility index (Phi) is 5.20. The van der Waals surface area contributed by atoms with Crippen LogP contribution in [0.3, 0.4) is 0 Å². The summed E-state index contributed by atoms with van der Waals surface area (Å²) in [6.07, 6.45) is 7.42. The first kappa shape index (κ1) is 16.8. The largest absolute Gasteiger partial charge is 0.356 e. The molecule has 1 aromatic heterocycles. The van der Waals surface area contributed by atoms with Crippen LogP contribution in [-0.2, 0) is 6.54 Å². The van der Waals surface area contributed by atoms with E-state index < -0.39 is 0 Å². The molecule has 0 amide bonds. The molecule has 1 saturated carbocycles. The van der Waals surface area contributed by atoms with E-state index >= 15 is 0 Å². The minimum absolute atomic E-state index is 0.469. The summed E-state index contributed by atoms with van der Waals surface area (Å²) in [6.45, 7) is 8.28. The monoisotopic (exact) mass is 346 g/mol. The number of likely N-dealkylation sites (tertiary alicyclic amines) is 2. The van der Waals surface area contributed by atoms with Gasteiger partial charge in [0.15, 0.2) is 11.8 Å². The number of hydrogen-bond acceptors (Lipinski definition) is 5. The van der Waals surface area contributed by atoms with Gasteiger partial charge in [0.2, 0.25) is 5.89 Å². The van der Waals surface area contributed by atoms with Gasteiger partial charge in [0, 0.05) is 31.6 Å². The summed E-state index contributed by atoms with van der Waals surface area (Å²) in [4.78, 5) is 14.3. The number of rotatable bonds is 6. The average molecular weight is 346 g/mol. The number of guanidine groups is 1. The van der Waals surface area contributed by atoms with Crippen LogP contribution in [0, 0.1) is 0 Å². The Morgan fingerprint density at radius 1 is 1.24 bits per heavy atom. The lowest BCUT2D eigenvalue weighted by Crippen LogP contribution is -2.43. The van der Waals surface area contributed by atoms with Crippen LogP contribution in [-0.4, -0.2) is 64.7 Å². The Morgan fingerprint density at radius 2 is 2.08 bits per heavy atom. The van der Waals surface area contributed by atoms with Crippen LogP contribution in [0.2, 0.25) is 0 Å². The second-order valence-corrected chi connectivity index (χ2v) is 7.52. The van der Waals surface area contributed by atoms with E-state index in [2.05, 4.69) is 32.2 Å². The Balaban J connectivity index is 1.38. The van der Waals surface area contributed by atoms with E-state index in [0.717, 1.165) is 37.8 Å². The molecule has 25 heavy (non-hydrogen) atoms. The quantitative estimate of drug-likeness (QED) is 0.627. The van der Waals surface area contributed by atoms with Crippen LogP contribution in [0.15, 0.2) is 9.52 Å². The fourth-order valence-corrected chi connectivity index (χ4v) is 3.83. The van der Waals surface area contributed by atoms with Gasteiger partial charge in [0.25, 0.3) is 0 Å². The smallest absolute Gasteiger partial charge is 0.248 e. The van der Waals surface area contributed by atoms with Gasteiger partial charge in [-0.3, -0.25) is 4.90 Å². The molecule has 1 aromatic rings. The summed E-state index contributed by atoms with van der Waals surface area (Å²) in [5, 5.41) is 7.59. The van der Waals surface area contributed by atoms with E-state index in [4.69, 9.17) is 9.52 Å². The molecule has 0 unspecified atom stereocenters. The zero-order chi connectivity index (χ0) is 17.1. The maximum Gasteiger partial charge on any atom is 0.248 e. The maximum atomic E-state index is 5.36. The van der Waals surface area contributed by atoms with Crippen LogP contribution in [0.5, 0.6) is 0 Å². The number of nitrogens with zero attached hydrogens (tertiary/aromatic N) is 5. The SMILES string of the molecule is CCCNC(=NCc1nc(C2CC2)no1)N1CC[C@@H](N2CCCC2)C1. The highest BCUT2D eigenvalue weighted by atomic mass is 16.5. The average Bonchev–Trinajstić information content (AvgIpc) is 3.08. The second kappa shape index (κ2) is 7.72. The zero-order valence-corrected chi connectivity index (χ0v) is 15.3. The second-order valence-electron chi connectivity index (χ2n) is 7.52. The molecule has 0 radical (unpaired) electrons. The van der Waals surface area contributed by atoms with E-state index in [0.29, 0.717) is 24.4 Å². The van der Waals surface area contributed by atoms with E-state index in [-0.39, 0.29) is 0 Å². The lowest BCUT2D eigenvalue weighted by Gasteiger charge is -2.25. The Hall–Kier alpha value is -1.63. The molecule has 0 spiro atoms. The van der Waals surface area contributed by atoms with Gasteiger partial charge in [0.1, 0.15) is 6.54 Å². The molecule has 3 heterocycles. The van der Waals surface area contributed by atoms with Crippen molar-refractivity contribution >= 4 is 5.96 Å². The van der Waals surface area contributed by atoms with Crippen LogP contribution >= 0.6 is 0 Å². The molecule has 7 heteroatoms. The number of nitrogens with one attached hydrogen (secondary N) is 1. The van der Waals surface area contributed by atoms with Gasteiger partial charge in [0.05, 0.1) is 0 Å². The molecule has 138 valence electrons. The molecule has 7 nitrogen and oxygen atoms in total. The van der Waals surface area contributed by atoms with Crippen molar-refractivity contribution in [2.75, 3.05) is 32.7 Å². The molecule has 2 saturated heterocycles. The van der Waals surface area contributed by atoms with Gasteiger partial charge in [-0.2, -0.15) is 4.98 Å². The Labute approximate surface area is 149 Å². The van der Waals surface area contributed by atoms with Gasteiger partial charge >= 0.3 is 0 Å². The lowest BCUT2D eigenvalue weighted by molar-refractivity contribution is 0.249. The number of aromatic nitrogens is 2. The van der Waals surface area contributed by atoms with Gasteiger partial charge in [-0.25, -0.2) is 4.99 Å². The highest BCUT2D eigenvalue weighted by molar-refractivity contribution is 5.80. The predicted octanol–water partition coefficient (Wildman–Crippen LogP) is 1.97. The molecule has 4 rings (SSSR count). The zero-order valence-electron chi connectivity index (χ0n) is 15.3. The summed E-state index contributed by atoms with van der Waals surface area (Å²) in [5.41, 5.74) is 0. The van der Waals surface area contributed by atoms with Crippen molar-refractivity contribution in [2.24, 2.45) is 4.99 Å². The molecular weight excluding hydrogens is 316 g/mol. The molecule has 1 atom stereocenters. The van der Waals surface area contributed by atoms with Gasteiger partial charge in [-0.1, -0.05) is 12.1 Å². The van der Waals surface area contributed by atoms with Crippen LogP contribution in [0.25, 0.3) is 0 Å². The molecule has 0 bridgehead atoms. The number of hydrogen-bond donors (Lipinski definition) is 1. The van der Waals surface area contributed by atoms with E-state index in [1.807, 2.05) is 0 Å². The predicted molar refractivity (Wildman–Crippen MR) is 96.5 cm³/mol. The van der Waals surface area contributed by atoms with Crippen molar-refractivity contribution < 1.29 is 4.52 Å². The maximum absolute atomic E-state index is 5.36. The molecule has 1 N–H and O–H groups in total. The highest BCUT2D eigenvalue weighted by Crippen LogP contribution is 2.38. The minimum Gasteiger partial charge on any atom is -0.356 e. The van der Waals surface area contributed by atoms with E-state index in [1.165, 1.54) is 45.2 Å². The lowest BCUT2D eigenvalue weighted by atomic mass is 10.2. The first-order valence-electron chi connectivity index (χ1n) is 9.93. The molecule has 2 aliphatic heterocycles. The van der Waals surface area contributed by atoms with Gasteiger partial charge in [-0.15, -0.1) is 0 Å². The third-order valence-electron chi connectivity index (χ3n) is 5.44. The van der Waals surface area contributed by atoms with Crippen molar-refractivity contribution in [2.45, 2.75) is 64.0 Å². The van der Waals surface area contributed by atoms with Gasteiger partial charge < -0.3 is 14.7 Å². The molecule has 3 fully saturated rings. The Morgan fingerprint density at radius 3 is 2.84 bits per heavy atom. The van der Waals surface area contributed by atoms with E-state index in [9.17, 15) is 0 Å². The summed E-state index contributed by atoms with van der Waals surface area (Å²) in [7, 11) is 0. The minimum atomic E-state index is 0.469. The third-order valence-corrected chi connectivity index (χ3v) is 5.44. The van der Waals surface area contributed by atoms with Crippen LogP contribution in [0.1, 0.15) is 63.1 Å². The van der Waals surface area contributed by atoms with Crippen molar-refractivity contribution in [1.82, 2.24) is 25.3 Å². The first-order valence-corrected chi connectivity index (χ1v) is 9.93. The van der Waals surface area contributed by atoms with Crippen molar-refractivity contribution in [3.8, 4) is 0 Å². The summed E-state index contributed by atoms with van der Waals surface area (Å²) < 4.78 is 5.36. The molecule has 0 aromatic carbocycles. The van der Waals surface area contributed by atoms with E-state index in [1.54, 1.807) is 0 Å². The highest BCUT2D eigenvalue weighted by Gasteiger charge is 2.31. The summed E-state index contributed by atoms with van der Waals surface area (Å²) >= 11 is 0. The van der Waals surface area contributed by atoms with Crippen molar-refractivity contribution in [1.29, 1.82) is 0 Å². The van der Waals surface area contributed by atoms with Crippen LogP contribution < -0.4 is 5.32 Å². The van der Waals surface area contributed by atoms with Crippen LogP contribution in [0.4, 0.5) is 0 Å². The number of aliphatic imine (C=N–C) groups is 1. The standard InChI is InChI=1S/C18H30N6O/c1-2-8-19-18(20-12-16-21-17(22-25-16)14-5-6-14)24-11-7-15(13-24)23-9-3-4-10-23/h14-15H,2-13H2,1H3,(H,19,20)/t15-/m1/s1. The normalized spacial score (nSPS) is 25.1. The first-order chi connectivity index (χ1) is 12.3. The summed E-state index contributed by atoms with van der Waals surface area (Å²) in [5.74, 6) is 3.02. The molecular formula is C18H30N6O. The molecule has 3 aliphatic rings. The Bertz CT molecular complexity index is 590. The fraction of sp³-hybridized carbons (Fsp3) is 0.833. The van der Waals surface area contributed by atoms with Crippen molar-refractivity contribution in [3.63, 3.8) is 0 Å². The summed E-state index contributed by atoms with van der Waals surface area (Å²) in [6, 6.07) is 0.681. The molecule has 1 aliphatic carbocycles. The van der Waals surface area contributed by atoms with Crippen molar-refractivity contribution in [3.05, 3.63) is 11.7 Å². The third kappa shape index (κ3) is 4.14. The van der Waals surface area contributed by atoms with Gasteiger partial charge in [-0.05, 0) is 51.6 Å².